The van der Waals surface area contributed by atoms with Crippen molar-refractivity contribution in [2.24, 2.45) is 11.8 Å². The van der Waals surface area contributed by atoms with Crippen molar-refractivity contribution in [1.29, 1.82) is 0 Å². The Hall–Kier alpha value is -2.36. The van der Waals surface area contributed by atoms with Gasteiger partial charge >= 0.3 is 6.09 Å². The maximum absolute atomic E-state index is 12.4. The molecule has 1 aliphatic heterocycles. The summed E-state index contributed by atoms with van der Waals surface area (Å²) in [5.41, 5.74) is 0.944. The molecule has 122 valence electrons. The molecular formula is C19H23NO3. The Labute approximate surface area is 137 Å². The van der Waals surface area contributed by atoms with E-state index in [-0.39, 0.29) is 30.3 Å². The van der Waals surface area contributed by atoms with Crippen LogP contribution < -0.4 is 0 Å². The van der Waals surface area contributed by atoms with Crippen LogP contribution in [0, 0.1) is 11.8 Å². The highest BCUT2D eigenvalue weighted by atomic mass is 16.6. The number of carbonyl (C=O) groups excluding carboxylic acids is 2. The molecule has 0 N–H and O–H groups in total. The first-order chi connectivity index (χ1) is 11.2. The van der Waals surface area contributed by atoms with Crippen molar-refractivity contribution in [3.63, 3.8) is 0 Å². The van der Waals surface area contributed by atoms with Crippen LogP contribution in [-0.2, 0) is 16.1 Å². The number of nitrogens with zero attached hydrogens (tertiary/aromatic N) is 1. The van der Waals surface area contributed by atoms with Crippen LogP contribution in [0.5, 0.6) is 0 Å². The van der Waals surface area contributed by atoms with Crippen LogP contribution in [0.15, 0.2) is 55.6 Å². The van der Waals surface area contributed by atoms with E-state index < -0.39 is 0 Å². The Balaban J connectivity index is 1.98. The number of hydrogen-bond donors (Lipinski definition) is 0. The molecule has 4 nitrogen and oxygen atoms in total. The topological polar surface area (TPSA) is 46.6 Å². The highest BCUT2D eigenvalue weighted by molar-refractivity contribution is 5.86. The van der Waals surface area contributed by atoms with Gasteiger partial charge in [-0.1, -0.05) is 42.5 Å². The van der Waals surface area contributed by atoms with Gasteiger partial charge in [0.2, 0.25) is 0 Å². The molecule has 2 atom stereocenters. The quantitative estimate of drug-likeness (QED) is 0.754. The van der Waals surface area contributed by atoms with Gasteiger partial charge < -0.3 is 9.64 Å². The molecule has 4 heteroatoms. The molecule has 0 radical (unpaired) electrons. The fraction of sp³-hybridized carbons (Fsp3) is 0.368. The molecule has 2 unspecified atom stereocenters. The lowest BCUT2D eigenvalue weighted by Crippen LogP contribution is -2.49. The van der Waals surface area contributed by atoms with Crippen LogP contribution in [0.2, 0.25) is 0 Å². The Morgan fingerprint density at radius 2 is 1.70 bits per heavy atom. The first-order valence-corrected chi connectivity index (χ1v) is 7.86. The van der Waals surface area contributed by atoms with E-state index in [1.165, 1.54) is 0 Å². The SMILES string of the molecule is C=CCC1CN(C(=O)OCc2ccccc2)CC(CC=C)C1=O. The average molecular weight is 313 g/mol. The summed E-state index contributed by atoms with van der Waals surface area (Å²) in [4.78, 5) is 26.3. The van der Waals surface area contributed by atoms with Crippen molar-refractivity contribution in [1.82, 2.24) is 4.90 Å². The summed E-state index contributed by atoms with van der Waals surface area (Å²) in [6.07, 6.45) is 4.24. The van der Waals surface area contributed by atoms with Crippen LogP contribution in [0.1, 0.15) is 18.4 Å². The molecule has 1 aromatic carbocycles. The standard InChI is InChI=1S/C19H23NO3/c1-3-8-16-12-20(13-17(9-4-2)18(16)21)19(22)23-14-15-10-6-5-7-11-15/h3-7,10-11,16-17H,1-2,8-9,12-14H2. The number of Topliss-reactive ketones (excluding diaryl/α,β-unsaturated/α-hetero) is 1. The molecule has 1 aliphatic rings. The third kappa shape index (κ3) is 4.55. The summed E-state index contributed by atoms with van der Waals surface area (Å²) in [6.45, 7) is 8.43. The van der Waals surface area contributed by atoms with Crippen LogP contribution in [0.4, 0.5) is 4.79 Å². The molecule has 1 aromatic rings. The minimum atomic E-state index is -0.371. The molecule has 2 rings (SSSR count). The first kappa shape index (κ1) is 17.0. The summed E-state index contributed by atoms with van der Waals surface area (Å²) in [5, 5.41) is 0. The predicted molar refractivity (Wildman–Crippen MR) is 89.8 cm³/mol. The minimum Gasteiger partial charge on any atom is -0.445 e. The van der Waals surface area contributed by atoms with Gasteiger partial charge in [-0.25, -0.2) is 4.79 Å². The van der Waals surface area contributed by atoms with Gasteiger partial charge in [0.05, 0.1) is 0 Å². The zero-order valence-corrected chi connectivity index (χ0v) is 13.3. The van der Waals surface area contributed by atoms with E-state index in [9.17, 15) is 9.59 Å². The normalized spacial score (nSPS) is 20.9. The van der Waals surface area contributed by atoms with E-state index in [1.807, 2.05) is 30.3 Å². The number of benzene rings is 1. The second-order valence-electron chi connectivity index (χ2n) is 5.79. The molecule has 23 heavy (non-hydrogen) atoms. The Kier molecular flexibility index (Phi) is 6.15. The molecule has 0 bridgehead atoms. The van der Waals surface area contributed by atoms with Crippen LogP contribution >= 0.6 is 0 Å². The van der Waals surface area contributed by atoms with Crippen molar-refractivity contribution in [3.8, 4) is 0 Å². The second-order valence-corrected chi connectivity index (χ2v) is 5.79. The van der Waals surface area contributed by atoms with E-state index in [1.54, 1.807) is 17.1 Å². The average Bonchev–Trinajstić information content (AvgIpc) is 2.57. The third-order valence-corrected chi connectivity index (χ3v) is 4.05. The summed E-state index contributed by atoms with van der Waals surface area (Å²) in [7, 11) is 0. The molecule has 0 spiro atoms. The van der Waals surface area contributed by atoms with E-state index in [2.05, 4.69) is 13.2 Å². The highest BCUT2D eigenvalue weighted by Crippen LogP contribution is 2.24. The van der Waals surface area contributed by atoms with E-state index in [0.29, 0.717) is 25.9 Å². The smallest absolute Gasteiger partial charge is 0.410 e. The summed E-state index contributed by atoms with van der Waals surface area (Å²) < 4.78 is 5.38. The number of amides is 1. The lowest BCUT2D eigenvalue weighted by atomic mass is 9.84. The molecule has 1 heterocycles. The highest BCUT2D eigenvalue weighted by Gasteiger charge is 2.36. The first-order valence-electron chi connectivity index (χ1n) is 7.86. The Morgan fingerprint density at radius 3 is 2.22 bits per heavy atom. The number of hydrogen-bond acceptors (Lipinski definition) is 3. The van der Waals surface area contributed by atoms with Gasteiger partial charge in [-0.15, -0.1) is 13.2 Å². The van der Waals surface area contributed by atoms with E-state index in [4.69, 9.17) is 4.74 Å². The monoisotopic (exact) mass is 313 g/mol. The number of likely N-dealkylation sites (tertiary alicyclic amines) is 1. The lowest BCUT2D eigenvalue weighted by Gasteiger charge is -2.35. The zero-order valence-electron chi connectivity index (χ0n) is 13.3. The predicted octanol–water partition coefficient (Wildman–Crippen LogP) is 3.59. The van der Waals surface area contributed by atoms with Gasteiger partial charge in [0.25, 0.3) is 0 Å². The zero-order chi connectivity index (χ0) is 16.7. The maximum Gasteiger partial charge on any atom is 0.410 e. The number of rotatable bonds is 6. The van der Waals surface area contributed by atoms with Crippen molar-refractivity contribution in [3.05, 3.63) is 61.2 Å². The van der Waals surface area contributed by atoms with Gasteiger partial charge in [-0.3, -0.25) is 4.79 Å². The third-order valence-electron chi connectivity index (χ3n) is 4.05. The maximum atomic E-state index is 12.4. The molecule has 1 amide bonds. The van der Waals surface area contributed by atoms with E-state index >= 15 is 0 Å². The van der Waals surface area contributed by atoms with Gasteiger partial charge in [-0.05, 0) is 18.4 Å². The van der Waals surface area contributed by atoms with Crippen molar-refractivity contribution in [2.45, 2.75) is 19.4 Å². The number of carbonyl (C=O) groups is 2. The second kappa shape index (κ2) is 8.32. The lowest BCUT2D eigenvalue weighted by molar-refractivity contribution is -0.130. The largest absolute Gasteiger partial charge is 0.445 e. The van der Waals surface area contributed by atoms with Crippen LogP contribution in [0.25, 0.3) is 0 Å². The van der Waals surface area contributed by atoms with Crippen LogP contribution in [0.3, 0.4) is 0 Å². The molecule has 0 aliphatic carbocycles. The molecular weight excluding hydrogens is 290 g/mol. The molecule has 1 saturated heterocycles. The number of ketones is 1. The fourth-order valence-electron chi connectivity index (χ4n) is 2.86. The van der Waals surface area contributed by atoms with Crippen molar-refractivity contribution < 1.29 is 14.3 Å². The summed E-state index contributed by atoms with van der Waals surface area (Å²) in [5.74, 6) is -0.206. The molecule has 0 saturated carbocycles. The molecule has 0 aromatic heterocycles. The van der Waals surface area contributed by atoms with E-state index in [0.717, 1.165) is 5.56 Å². The van der Waals surface area contributed by atoms with Gasteiger partial charge in [0.1, 0.15) is 12.4 Å². The summed E-state index contributed by atoms with van der Waals surface area (Å²) in [6, 6.07) is 9.55. The van der Waals surface area contributed by atoms with Gasteiger partial charge in [-0.2, -0.15) is 0 Å². The van der Waals surface area contributed by atoms with Gasteiger partial charge in [0.15, 0.2) is 0 Å². The Bertz CT molecular complexity index is 545. The summed E-state index contributed by atoms with van der Waals surface area (Å²) >= 11 is 0. The number of piperidine rings is 1. The minimum absolute atomic E-state index is 0.192. The number of allylic oxidation sites excluding steroid dienone is 2. The van der Waals surface area contributed by atoms with Crippen molar-refractivity contribution in [2.75, 3.05) is 13.1 Å². The molecule has 1 fully saturated rings. The number of ether oxygens (including phenoxy) is 1. The fourth-order valence-corrected chi connectivity index (χ4v) is 2.86. The van der Waals surface area contributed by atoms with Crippen molar-refractivity contribution >= 4 is 11.9 Å². The van der Waals surface area contributed by atoms with Gasteiger partial charge in [0, 0.05) is 24.9 Å². The van der Waals surface area contributed by atoms with Crippen LogP contribution in [-0.4, -0.2) is 29.9 Å². The Morgan fingerprint density at radius 1 is 1.13 bits per heavy atom.